The summed E-state index contributed by atoms with van der Waals surface area (Å²) in [7, 11) is 0. The molecule has 0 aromatic rings. The van der Waals surface area contributed by atoms with Gasteiger partial charge in [-0.2, -0.15) is 0 Å². The normalized spacial score (nSPS) is 12.7. The number of esters is 3. The van der Waals surface area contributed by atoms with Gasteiger partial charge in [-0.1, -0.05) is 234 Å². The molecule has 0 saturated carbocycles. The Labute approximate surface area is 433 Å². The van der Waals surface area contributed by atoms with Crippen LogP contribution in [0.2, 0.25) is 0 Å². The van der Waals surface area contributed by atoms with E-state index in [0.717, 1.165) is 83.5 Å². The van der Waals surface area contributed by atoms with E-state index in [9.17, 15) is 14.4 Å². The maximum atomic E-state index is 12.8. The van der Waals surface area contributed by atoms with Crippen molar-refractivity contribution in [2.45, 2.75) is 290 Å². The van der Waals surface area contributed by atoms with Crippen LogP contribution in [0.25, 0.3) is 0 Å². The Balaban J connectivity index is 4.48. The van der Waals surface area contributed by atoms with Crippen molar-refractivity contribution in [2.24, 2.45) is 0 Å². The molecule has 1 atom stereocenters. The minimum Gasteiger partial charge on any atom is -0.462 e. The summed E-state index contributed by atoms with van der Waals surface area (Å²) in [5.74, 6) is -0.970. The standard InChI is InChI=1S/C64H110O6/c1-4-7-10-13-16-19-22-25-28-31-34-36-39-42-45-48-51-54-57-63(66)69-60-61(70-64(67)58-55-52-49-46-43-40-37-33-30-27-24-21-18-15-12-9-6-3)59-68-62(65)56-53-50-47-44-41-38-35-32-29-26-23-20-17-14-11-8-5-2/h17-18,20-21,26-27,29-30,34,36-37,40,46,49,61H,4-16,19,22-25,28,31-33,35,38-39,41-45,47-48,50-60H2,1-3H3/b20-17-,21-18-,29-26-,30-27-,36-34-,40-37-,49-46-. The summed E-state index contributed by atoms with van der Waals surface area (Å²) >= 11 is 0. The third-order valence-electron chi connectivity index (χ3n) is 12.6. The lowest BCUT2D eigenvalue weighted by molar-refractivity contribution is -0.167. The Morgan fingerprint density at radius 3 is 0.886 bits per heavy atom. The van der Waals surface area contributed by atoms with Crippen LogP contribution in [0.4, 0.5) is 0 Å². The van der Waals surface area contributed by atoms with Gasteiger partial charge in [0.2, 0.25) is 0 Å². The molecule has 0 aliphatic heterocycles. The van der Waals surface area contributed by atoms with Gasteiger partial charge in [-0.15, -0.1) is 0 Å². The van der Waals surface area contributed by atoms with E-state index in [4.69, 9.17) is 14.2 Å². The average molecular weight is 976 g/mol. The third-order valence-corrected chi connectivity index (χ3v) is 12.6. The van der Waals surface area contributed by atoms with Crippen LogP contribution in [-0.2, 0) is 28.6 Å². The molecule has 6 heteroatoms. The van der Waals surface area contributed by atoms with Gasteiger partial charge in [0.15, 0.2) is 6.10 Å². The molecule has 0 fully saturated rings. The Morgan fingerprint density at radius 2 is 0.529 bits per heavy atom. The second kappa shape index (κ2) is 58.2. The summed E-state index contributed by atoms with van der Waals surface area (Å²) in [6, 6.07) is 0. The van der Waals surface area contributed by atoms with Crippen molar-refractivity contribution in [2.75, 3.05) is 13.2 Å². The lowest BCUT2D eigenvalue weighted by atomic mass is 10.1. The number of unbranched alkanes of at least 4 members (excludes halogenated alkanes) is 28. The molecular weight excluding hydrogens is 865 g/mol. The van der Waals surface area contributed by atoms with Crippen LogP contribution < -0.4 is 0 Å². The van der Waals surface area contributed by atoms with E-state index < -0.39 is 6.10 Å². The molecule has 0 bridgehead atoms. The highest BCUT2D eigenvalue weighted by molar-refractivity contribution is 5.71. The van der Waals surface area contributed by atoms with Crippen molar-refractivity contribution >= 4 is 17.9 Å². The van der Waals surface area contributed by atoms with E-state index in [0.29, 0.717) is 19.3 Å². The first kappa shape index (κ1) is 66.6. The minimum atomic E-state index is -0.813. The molecule has 0 heterocycles. The predicted octanol–water partition coefficient (Wildman–Crippen LogP) is 19.9. The predicted molar refractivity (Wildman–Crippen MR) is 302 cm³/mol. The summed E-state index contributed by atoms with van der Waals surface area (Å²) in [5.41, 5.74) is 0. The second-order valence-corrected chi connectivity index (χ2v) is 19.5. The number of hydrogen-bond donors (Lipinski definition) is 0. The highest BCUT2D eigenvalue weighted by Gasteiger charge is 2.19. The van der Waals surface area contributed by atoms with Crippen LogP contribution in [0.3, 0.4) is 0 Å². The Kier molecular flexibility index (Phi) is 55.3. The Bertz CT molecular complexity index is 1350. The Morgan fingerprint density at radius 1 is 0.286 bits per heavy atom. The van der Waals surface area contributed by atoms with Crippen molar-refractivity contribution in [1.82, 2.24) is 0 Å². The lowest BCUT2D eigenvalue weighted by Crippen LogP contribution is -2.30. The maximum Gasteiger partial charge on any atom is 0.306 e. The van der Waals surface area contributed by atoms with Gasteiger partial charge >= 0.3 is 17.9 Å². The van der Waals surface area contributed by atoms with E-state index >= 15 is 0 Å². The summed E-state index contributed by atoms with van der Waals surface area (Å²) in [6.07, 6.45) is 75.8. The number of hydrogen-bond acceptors (Lipinski definition) is 6. The average Bonchev–Trinajstić information content (AvgIpc) is 3.36. The van der Waals surface area contributed by atoms with Crippen molar-refractivity contribution in [3.8, 4) is 0 Å². The van der Waals surface area contributed by atoms with Gasteiger partial charge in [-0.3, -0.25) is 14.4 Å². The fourth-order valence-corrected chi connectivity index (χ4v) is 8.11. The van der Waals surface area contributed by atoms with Crippen LogP contribution >= 0.6 is 0 Å². The van der Waals surface area contributed by atoms with Crippen molar-refractivity contribution in [3.63, 3.8) is 0 Å². The van der Waals surface area contributed by atoms with Crippen LogP contribution in [-0.4, -0.2) is 37.2 Å². The summed E-state index contributed by atoms with van der Waals surface area (Å²) in [4.78, 5) is 38.2. The van der Waals surface area contributed by atoms with Crippen molar-refractivity contribution in [3.05, 3.63) is 85.1 Å². The van der Waals surface area contributed by atoms with Gasteiger partial charge in [0, 0.05) is 19.3 Å². The van der Waals surface area contributed by atoms with Gasteiger partial charge in [-0.25, -0.2) is 0 Å². The number of allylic oxidation sites excluding steroid dienone is 14. The van der Waals surface area contributed by atoms with E-state index in [1.807, 2.05) is 0 Å². The zero-order chi connectivity index (χ0) is 50.7. The molecule has 0 aliphatic rings. The molecule has 0 radical (unpaired) electrons. The van der Waals surface area contributed by atoms with E-state index in [2.05, 4.69) is 106 Å². The molecular formula is C64H110O6. The highest BCUT2D eigenvalue weighted by atomic mass is 16.6. The molecule has 1 unspecified atom stereocenters. The number of ether oxygens (including phenoxy) is 3. The van der Waals surface area contributed by atoms with Crippen LogP contribution in [0.1, 0.15) is 284 Å². The van der Waals surface area contributed by atoms with E-state index in [-0.39, 0.29) is 37.5 Å². The number of carbonyl (C=O) groups excluding carboxylic acids is 3. The fraction of sp³-hybridized carbons (Fsp3) is 0.734. The second-order valence-electron chi connectivity index (χ2n) is 19.5. The fourth-order valence-electron chi connectivity index (χ4n) is 8.11. The molecule has 0 aromatic heterocycles. The zero-order valence-corrected chi connectivity index (χ0v) is 46.0. The third kappa shape index (κ3) is 55.5. The SMILES string of the molecule is CCCCC/C=C\C/C=C\C/C=C\C/C=C\CCCC(=O)OC(COC(=O)CCCCCCC/C=C\CCCCCCCCCCC)COC(=O)CCCCCCCCC/C=C\C/C=C\CCCCC. The van der Waals surface area contributed by atoms with Gasteiger partial charge in [0.05, 0.1) is 0 Å². The summed E-state index contributed by atoms with van der Waals surface area (Å²) in [6.45, 7) is 6.55. The molecule has 0 spiro atoms. The zero-order valence-electron chi connectivity index (χ0n) is 46.0. The van der Waals surface area contributed by atoms with E-state index in [1.165, 1.54) is 154 Å². The smallest absolute Gasteiger partial charge is 0.306 e. The molecule has 6 nitrogen and oxygen atoms in total. The topological polar surface area (TPSA) is 78.9 Å². The summed E-state index contributed by atoms with van der Waals surface area (Å²) < 4.78 is 16.8. The van der Waals surface area contributed by atoms with Gasteiger partial charge in [0.25, 0.3) is 0 Å². The van der Waals surface area contributed by atoms with Gasteiger partial charge in [0.1, 0.15) is 13.2 Å². The van der Waals surface area contributed by atoms with Crippen molar-refractivity contribution in [1.29, 1.82) is 0 Å². The molecule has 0 aromatic carbocycles. The van der Waals surface area contributed by atoms with Crippen LogP contribution in [0, 0.1) is 0 Å². The number of carbonyl (C=O) groups is 3. The maximum absolute atomic E-state index is 12.8. The quantitative estimate of drug-likeness (QED) is 0.0261. The monoisotopic (exact) mass is 975 g/mol. The summed E-state index contributed by atoms with van der Waals surface area (Å²) in [5, 5.41) is 0. The van der Waals surface area contributed by atoms with Crippen LogP contribution in [0.15, 0.2) is 85.1 Å². The molecule has 0 amide bonds. The van der Waals surface area contributed by atoms with Crippen molar-refractivity contribution < 1.29 is 28.6 Å². The van der Waals surface area contributed by atoms with E-state index in [1.54, 1.807) is 0 Å². The van der Waals surface area contributed by atoms with Gasteiger partial charge < -0.3 is 14.2 Å². The molecule has 402 valence electrons. The first-order valence-electron chi connectivity index (χ1n) is 29.6. The Hall–Kier alpha value is -3.41. The first-order valence-corrected chi connectivity index (χ1v) is 29.6. The molecule has 0 N–H and O–H groups in total. The molecule has 0 rings (SSSR count). The van der Waals surface area contributed by atoms with Gasteiger partial charge in [-0.05, 0) is 116 Å². The first-order chi connectivity index (χ1) is 34.5. The lowest BCUT2D eigenvalue weighted by Gasteiger charge is -2.18. The molecule has 0 aliphatic carbocycles. The molecule has 0 saturated heterocycles. The number of rotatable bonds is 53. The molecule has 70 heavy (non-hydrogen) atoms. The van der Waals surface area contributed by atoms with Crippen LogP contribution in [0.5, 0.6) is 0 Å². The largest absolute Gasteiger partial charge is 0.462 e. The minimum absolute atomic E-state index is 0.105. The highest BCUT2D eigenvalue weighted by Crippen LogP contribution is 2.14.